The molecule has 14 nitrogen and oxygen atoms in total. The third-order valence-electron chi connectivity index (χ3n) is 6.90. The lowest BCUT2D eigenvalue weighted by atomic mass is 9.95. The Morgan fingerprint density at radius 2 is 1.72 bits per heavy atom. The molecule has 0 spiro atoms. The Kier molecular flexibility index (Phi) is 8.42. The van der Waals surface area contributed by atoms with Crippen molar-refractivity contribution in [3.05, 3.63) is 84.6 Å². The van der Waals surface area contributed by atoms with Crippen molar-refractivity contribution in [1.29, 1.82) is 0 Å². The summed E-state index contributed by atoms with van der Waals surface area (Å²) in [5, 5.41) is 45.5. The summed E-state index contributed by atoms with van der Waals surface area (Å²) >= 11 is 0. The number of nitrogens with two attached hydrogens (primary N) is 2. The highest BCUT2D eigenvalue weighted by Crippen LogP contribution is 2.29. The van der Waals surface area contributed by atoms with Crippen LogP contribution in [0.3, 0.4) is 0 Å². The van der Waals surface area contributed by atoms with Gasteiger partial charge in [-0.25, -0.2) is 23.5 Å². The van der Waals surface area contributed by atoms with E-state index in [-0.39, 0.29) is 27.9 Å². The predicted octanol–water partition coefficient (Wildman–Crippen LogP) is -0.805. The number of fused-ring (bicyclic) bond motifs is 1. The summed E-state index contributed by atoms with van der Waals surface area (Å²) in [6, 6.07) is 18.4. The van der Waals surface area contributed by atoms with E-state index in [1.807, 2.05) is 0 Å². The number of benzene rings is 3. The Bertz CT molecular complexity index is 1740. The van der Waals surface area contributed by atoms with Gasteiger partial charge in [0.05, 0.1) is 21.5 Å². The molecular formula is C28H29N5O9S. The van der Waals surface area contributed by atoms with Crippen LogP contribution in [0.1, 0.15) is 5.56 Å². The van der Waals surface area contributed by atoms with Gasteiger partial charge < -0.3 is 41.4 Å². The van der Waals surface area contributed by atoms with Gasteiger partial charge in [0, 0.05) is 23.7 Å². The summed E-state index contributed by atoms with van der Waals surface area (Å²) in [5.74, 6) is -4.10. The average molecular weight is 612 g/mol. The van der Waals surface area contributed by atoms with Crippen molar-refractivity contribution in [1.82, 2.24) is 15.3 Å². The molecule has 15 heteroatoms. The zero-order chi connectivity index (χ0) is 30.9. The minimum atomic E-state index is -3.83. The number of nitrogens with one attached hydrogen (secondary N) is 1. The largest absolute Gasteiger partial charge is 0.398 e. The molecule has 0 amide bonds. The van der Waals surface area contributed by atoms with Crippen molar-refractivity contribution >= 4 is 32.4 Å². The monoisotopic (exact) mass is 611 g/mol. The molecule has 1 aliphatic heterocycles. The van der Waals surface area contributed by atoms with Gasteiger partial charge in [-0.15, -0.1) is 0 Å². The van der Waals surface area contributed by atoms with Crippen LogP contribution in [0.25, 0.3) is 10.9 Å². The molecule has 1 saturated heterocycles. The Labute approximate surface area is 245 Å². The fraction of sp³-hybridized carbons (Fsp3) is 0.250. The molecule has 1 aliphatic rings. The number of nitrogens with zero attached hydrogens (tertiary/aromatic N) is 2. The first-order chi connectivity index (χ1) is 20.4. The third-order valence-corrected chi connectivity index (χ3v) is 8.66. The molecule has 2 heterocycles. The number of ether oxygens (including phenoxy) is 2. The van der Waals surface area contributed by atoms with Crippen molar-refractivity contribution in [3.63, 3.8) is 0 Å². The molecule has 5 rings (SSSR count). The topological polar surface area (TPSA) is 240 Å². The molecule has 9 N–H and O–H groups in total. The fourth-order valence-electron chi connectivity index (χ4n) is 4.61. The first-order valence-corrected chi connectivity index (χ1v) is 14.5. The molecule has 1 fully saturated rings. The fourth-order valence-corrected chi connectivity index (χ4v) is 5.92. The van der Waals surface area contributed by atoms with Gasteiger partial charge in [0.1, 0.15) is 12.2 Å². The number of carbonyl (C=O) groups excluding carboxylic acids is 1. The molecule has 6 unspecified atom stereocenters. The second-order valence-electron chi connectivity index (χ2n) is 9.93. The van der Waals surface area contributed by atoms with Gasteiger partial charge in [0.25, 0.3) is 5.91 Å². The maximum absolute atomic E-state index is 12.9. The number of aliphatic hydroxyl groups is 4. The lowest BCUT2D eigenvalue weighted by Gasteiger charge is -2.45. The average Bonchev–Trinajstić information content (AvgIpc) is 2.99. The first-order valence-electron chi connectivity index (χ1n) is 13.0. The smallest absolute Gasteiger partial charge is 0.346 e. The number of esters is 1. The number of aliphatic hydroxyl groups excluding tert-OH is 3. The Morgan fingerprint density at radius 3 is 2.44 bits per heavy atom. The van der Waals surface area contributed by atoms with Crippen LogP contribution in [-0.4, -0.2) is 81.3 Å². The highest BCUT2D eigenvalue weighted by atomic mass is 32.2. The SMILES string of the molecule is Nc1cc(S(=O)(=O)c2ccccc2)ccc1CC(N)NC1(O)OC(C(=O)Oc2ncc3ccccc3n2)C(O)C(O)C1O. The number of rotatable bonds is 8. The van der Waals surface area contributed by atoms with Crippen molar-refractivity contribution in [2.45, 2.75) is 52.7 Å². The summed E-state index contributed by atoms with van der Waals surface area (Å²) in [6.07, 6.45) is -8.16. The van der Waals surface area contributed by atoms with Crippen LogP contribution in [0, 0.1) is 0 Å². The van der Waals surface area contributed by atoms with E-state index in [0.717, 1.165) is 0 Å². The van der Waals surface area contributed by atoms with Crippen LogP contribution < -0.4 is 21.5 Å². The highest BCUT2D eigenvalue weighted by molar-refractivity contribution is 7.91. The van der Waals surface area contributed by atoms with Gasteiger partial charge in [-0.1, -0.05) is 42.5 Å². The van der Waals surface area contributed by atoms with Crippen LogP contribution >= 0.6 is 0 Å². The molecule has 0 aliphatic carbocycles. The van der Waals surface area contributed by atoms with E-state index in [9.17, 15) is 33.6 Å². The van der Waals surface area contributed by atoms with Crippen LogP contribution in [-0.2, 0) is 25.8 Å². The lowest BCUT2D eigenvalue weighted by molar-refractivity contribution is -0.356. The number of hydrogen-bond donors (Lipinski definition) is 7. The summed E-state index contributed by atoms with van der Waals surface area (Å²) in [7, 11) is -3.83. The van der Waals surface area contributed by atoms with E-state index < -0.39 is 52.3 Å². The van der Waals surface area contributed by atoms with Crippen LogP contribution in [0.4, 0.5) is 5.69 Å². The number of anilines is 1. The van der Waals surface area contributed by atoms with Crippen LogP contribution in [0.5, 0.6) is 6.01 Å². The van der Waals surface area contributed by atoms with Crippen LogP contribution in [0.15, 0.2) is 88.8 Å². The number of para-hydroxylation sites is 1. The summed E-state index contributed by atoms with van der Waals surface area (Å²) in [5.41, 5.74) is 13.2. The Morgan fingerprint density at radius 1 is 1.02 bits per heavy atom. The van der Waals surface area contributed by atoms with Crippen LogP contribution in [0.2, 0.25) is 0 Å². The van der Waals surface area contributed by atoms with E-state index in [4.69, 9.17) is 20.9 Å². The molecule has 0 bridgehead atoms. The number of aromatic nitrogens is 2. The zero-order valence-electron chi connectivity index (χ0n) is 22.4. The normalized spacial score (nSPS) is 24.9. The minimum absolute atomic E-state index is 0.0417. The molecule has 6 atom stereocenters. The van der Waals surface area contributed by atoms with Crippen molar-refractivity contribution in [2.24, 2.45) is 5.73 Å². The zero-order valence-corrected chi connectivity index (χ0v) is 23.2. The maximum Gasteiger partial charge on any atom is 0.346 e. The van der Waals surface area contributed by atoms with Gasteiger partial charge in [0.2, 0.25) is 9.84 Å². The summed E-state index contributed by atoms with van der Waals surface area (Å²) < 4.78 is 36.3. The Hall–Kier alpha value is -4.06. The highest BCUT2D eigenvalue weighted by Gasteiger charge is 2.56. The summed E-state index contributed by atoms with van der Waals surface area (Å²) in [4.78, 5) is 20.9. The van der Waals surface area contributed by atoms with Crippen molar-refractivity contribution in [2.75, 3.05) is 5.73 Å². The van der Waals surface area contributed by atoms with Gasteiger partial charge >= 0.3 is 12.0 Å². The van der Waals surface area contributed by atoms with Crippen molar-refractivity contribution in [3.8, 4) is 6.01 Å². The lowest BCUT2D eigenvalue weighted by Crippen LogP contribution is -2.73. The third kappa shape index (κ3) is 6.20. The van der Waals surface area contributed by atoms with E-state index >= 15 is 0 Å². The first kappa shape index (κ1) is 30.4. The second kappa shape index (κ2) is 11.9. The molecule has 43 heavy (non-hydrogen) atoms. The Balaban J connectivity index is 1.29. The van der Waals surface area contributed by atoms with Crippen molar-refractivity contribution < 1.29 is 43.1 Å². The van der Waals surface area contributed by atoms with E-state index in [0.29, 0.717) is 16.5 Å². The molecule has 4 aromatic rings. The molecule has 1 aromatic heterocycles. The molecule has 0 saturated carbocycles. The number of sulfone groups is 1. The molecular weight excluding hydrogens is 582 g/mol. The number of nitrogen functional groups attached to an aromatic ring is 1. The van der Waals surface area contributed by atoms with Gasteiger partial charge in [-0.05, 0) is 35.9 Å². The number of hydrogen-bond acceptors (Lipinski definition) is 14. The predicted molar refractivity (Wildman–Crippen MR) is 151 cm³/mol. The van der Waals surface area contributed by atoms with Gasteiger partial charge in [0.15, 0.2) is 12.2 Å². The standard InChI is InChI=1S/C28H29N5O9S/c29-19-13-18(43(39,40)17-7-2-1-3-8-17)11-10-15(19)12-21(30)33-28(38)25(36)23(35)22(34)24(42-28)26(37)41-27-31-14-16-6-4-5-9-20(16)32-27/h1-11,13-14,21-25,33-36,38H,12,29-30H2. The van der Waals surface area contributed by atoms with E-state index in [2.05, 4.69) is 15.3 Å². The van der Waals surface area contributed by atoms with E-state index in [1.54, 1.807) is 42.5 Å². The summed E-state index contributed by atoms with van der Waals surface area (Å²) in [6.45, 7) is 0. The maximum atomic E-state index is 12.9. The minimum Gasteiger partial charge on any atom is -0.398 e. The molecule has 0 radical (unpaired) electrons. The number of carbonyl (C=O) groups is 1. The van der Waals surface area contributed by atoms with Gasteiger partial charge in [-0.2, -0.15) is 4.98 Å². The molecule has 3 aromatic carbocycles. The van der Waals surface area contributed by atoms with E-state index in [1.165, 1.54) is 36.5 Å². The quantitative estimate of drug-likeness (QED) is 0.0733. The molecule has 226 valence electrons. The van der Waals surface area contributed by atoms with Gasteiger partial charge in [-0.3, -0.25) is 0 Å². The second-order valence-corrected chi connectivity index (χ2v) is 11.9.